The van der Waals surface area contributed by atoms with Crippen molar-refractivity contribution in [3.8, 4) is 0 Å². The summed E-state index contributed by atoms with van der Waals surface area (Å²) in [6, 6.07) is 8.03. The first kappa shape index (κ1) is 20.8. The molecule has 0 aliphatic carbocycles. The van der Waals surface area contributed by atoms with Crippen LogP contribution in [0.1, 0.15) is 23.0 Å². The van der Waals surface area contributed by atoms with Crippen molar-refractivity contribution < 1.29 is 18.0 Å². The number of nitrogens with zero attached hydrogens (tertiary/aromatic N) is 2. The zero-order chi connectivity index (χ0) is 21.2. The third-order valence-corrected chi connectivity index (χ3v) is 4.83. The molecule has 0 saturated carbocycles. The minimum Gasteiger partial charge on any atom is -0.346 e. The van der Waals surface area contributed by atoms with Crippen LogP contribution < -0.4 is 15.4 Å². The van der Waals surface area contributed by atoms with E-state index in [0.29, 0.717) is 11.4 Å². The van der Waals surface area contributed by atoms with Crippen molar-refractivity contribution in [2.24, 2.45) is 0 Å². The molecule has 0 radical (unpaired) electrons. The van der Waals surface area contributed by atoms with Crippen LogP contribution in [0.2, 0.25) is 0 Å². The molecule has 0 fully saturated rings. The Morgan fingerprint density at radius 1 is 1.17 bits per heavy atom. The Morgan fingerprint density at radius 2 is 1.93 bits per heavy atom. The Balaban J connectivity index is 1.83. The summed E-state index contributed by atoms with van der Waals surface area (Å²) in [6.07, 6.45) is 4.62. The van der Waals surface area contributed by atoms with E-state index in [1.807, 2.05) is 22.7 Å². The lowest BCUT2D eigenvalue weighted by Gasteiger charge is -2.13. The van der Waals surface area contributed by atoms with Crippen LogP contribution in [0.25, 0.3) is 5.65 Å². The maximum atomic E-state index is 12.7. The molecule has 2 heterocycles. The van der Waals surface area contributed by atoms with Crippen molar-refractivity contribution >= 4 is 54.8 Å². The minimum absolute atomic E-state index is 0.0770. The van der Waals surface area contributed by atoms with Crippen LogP contribution in [0.3, 0.4) is 0 Å². The second-order valence-electron chi connectivity index (χ2n) is 6.34. The lowest BCUT2D eigenvalue weighted by atomic mass is 10.1. The molecule has 11 heteroatoms. The number of pyridine rings is 1. The van der Waals surface area contributed by atoms with Crippen LogP contribution in [0.4, 0.5) is 11.4 Å². The van der Waals surface area contributed by atoms with Gasteiger partial charge in [-0.3, -0.25) is 14.3 Å². The van der Waals surface area contributed by atoms with Gasteiger partial charge in [-0.1, -0.05) is 0 Å². The van der Waals surface area contributed by atoms with Crippen molar-refractivity contribution in [2.75, 3.05) is 16.3 Å². The van der Waals surface area contributed by atoms with Gasteiger partial charge < -0.3 is 15.0 Å². The third kappa shape index (κ3) is 5.55. The molecule has 0 saturated heterocycles. The topological polar surface area (TPSA) is 122 Å². The quantitative estimate of drug-likeness (QED) is 0.500. The van der Waals surface area contributed by atoms with Crippen LogP contribution in [-0.2, 0) is 21.4 Å². The zero-order valence-corrected chi connectivity index (χ0v) is 18.0. The van der Waals surface area contributed by atoms with Crippen LogP contribution in [0, 0.1) is 0 Å². The molecule has 0 aliphatic heterocycles. The third-order valence-electron chi connectivity index (χ3n) is 3.77. The number of rotatable bonds is 6. The van der Waals surface area contributed by atoms with Gasteiger partial charge in [0.2, 0.25) is 15.9 Å². The standard InChI is InChI=1S/C18H18BrN5O4S/c1-11(25)21-13-4-5-16(23-29(2,27)28)15(7-13)18(26)20-8-14-10-24-9-12(19)3-6-17(24)22-14/h3-7,9-10,23H,8H2,1-2H3,(H,20,26)(H,21,25). The highest BCUT2D eigenvalue weighted by molar-refractivity contribution is 9.10. The van der Waals surface area contributed by atoms with Crippen molar-refractivity contribution in [3.63, 3.8) is 0 Å². The van der Waals surface area contributed by atoms with Crippen molar-refractivity contribution in [1.82, 2.24) is 14.7 Å². The van der Waals surface area contributed by atoms with Crippen LogP contribution in [0.15, 0.2) is 47.2 Å². The highest BCUT2D eigenvalue weighted by Crippen LogP contribution is 2.22. The van der Waals surface area contributed by atoms with E-state index in [9.17, 15) is 18.0 Å². The van der Waals surface area contributed by atoms with E-state index in [2.05, 4.69) is 36.3 Å². The van der Waals surface area contributed by atoms with Gasteiger partial charge in [0.1, 0.15) is 5.65 Å². The van der Waals surface area contributed by atoms with E-state index in [0.717, 1.165) is 16.4 Å². The van der Waals surface area contributed by atoms with Gasteiger partial charge in [-0.05, 0) is 46.3 Å². The number of carbonyl (C=O) groups is 2. The Hall–Kier alpha value is -2.92. The molecule has 3 aromatic rings. The summed E-state index contributed by atoms with van der Waals surface area (Å²) >= 11 is 3.39. The normalized spacial score (nSPS) is 11.3. The number of amides is 2. The highest BCUT2D eigenvalue weighted by Gasteiger charge is 2.16. The fourth-order valence-corrected chi connectivity index (χ4v) is 3.60. The highest BCUT2D eigenvalue weighted by atomic mass is 79.9. The molecule has 3 N–H and O–H groups in total. The molecule has 3 rings (SSSR count). The zero-order valence-electron chi connectivity index (χ0n) is 15.6. The Kier molecular flexibility index (Phi) is 5.89. The van der Waals surface area contributed by atoms with E-state index < -0.39 is 15.9 Å². The number of sulfonamides is 1. The Bertz CT molecular complexity index is 1210. The first-order valence-corrected chi connectivity index (χ1v) is 11.1. The molecule has 0 atom stereocenters. The van der Waals surface area contributed by atoms with Gasteiger partial charge in [0.05, 0.1) is 29.7 Å². The maximum absolute atomic E-state index is 12.7. The van der Waals surface area contributed by atoms with E-state index >= 15 is 0 Å². The van der Waals surface area contributed by atoms with E-state index in [4.69, 9.17) is 0 Å². The van der Waals surface area contributed by atoms with Gasteiger partial charge in [0, 0.05) is 29.5 Å². The van der Waals surface area contributed by atoms with Crippen molar-refractivity contribution in [1.29, 1.82) is 0 Å². The molecular weight excluding hydrogens is 462 g/mol. The average Bonchev–Trinajstić information content (AvgIpc) is 3.01. The maximum Gasteiger partial charge on any atom is 0.253 e. The van der Waals surface area contributed by atoms with Gasteiger partial charge in [0.15, 0.2) is 0 Å². The summed E-state index contributed by atoms with van der Waals surface area (Å²) in [4.78, 5) is 28.4. The number of halogens is 1. The lowest BCUT2D eigenvalue weighted by Crippen LogP contribution is -2.25. The van der Waals surface area contributed by atoms with Crippen LogP contribution in [-0.4, -0.2) is 35.9 Å². The summed E-state index contributed by atoms with van der Waals surface area (Å²) in [5.74, 6) is -0.822. The number of carbonyl (C=O) groups excluding carboxylic acids is 2. The Labute approximate surface area is 175 Å². The fourth-order valence-electron chi connectivity index (χ4n) is 2.67. The molecule has 29 heavy (non-hydrogen) atoms. The molecule has 0 aliphatic rings. The van der Waals surface area contributed by atoms with Gasteiger partial charge in [-0.2, -0.15) is 0 Å². The number of aromatic nitrogens is 2. The van der Waals surface area contributed by atoms with Gasteiger partial charge in [-0.15, -0.1) is 0 Å². The summed E-state index contributed by atoms with van der Waals surface area (Å²) in [5.41, 5.74) is 1.92. The summed E-state index contributed by atoms with van der Waals surface area (Å²) in [5, 5.41) is 5.29. The molecule has 1 aromatic carbocycles. The average molecular weight is 480 g/mol. The molecule has 9 nitrogen and oxygen atoms in total. The minimum atomic E-state index is -3.60. The fraction of sp³-hybridized carbons (Fsp3) is 0.167. The molecule has 0 spiro atoms. The number of benzene rings is 1. The number of hydrogen-bond donors (Lipinski definition) is 3. The van der Waals surface area contributed by atoms with E-state index in [1.165, 1.54) is 25.1 Å². The van der Waals surface area contributed by atoms with Crippen molar-refractivity contribution in [3.05, 3.63) is 58.5 Å². The predicted molar refractivity (Wildman–Crippen MR) is 113 cm³/mol. The summed E-state index contributed by atoms with van der Waals surface area (Å²) in [6.45, 7) is 1.48. The van der Waals surface area contributed by atoms with Crippen LogP contribution >= 0.6 is 15.9 Å². The van der Waals surface area contributed by atoms with Gasteiger partial charge >= 0.3 is 0 Å². The molecule has 2 amide bonds. The first-order valence-electron chi connectivity index (χ1n) is 8.41. The predicted octanol–water partition coefficient (Wildman–Crippen LogP) is 2.36. The van der Waals surface area contributed by atoms with Crippen LogP contribution in [0.5, 0.6) is 0 Å². The first-order chi connectivity index (χ1) is 13.6. The number of imidazole rings is 1. The molecule has 152 valence electrons. The molecule has 0 bridgehead atoms. The van der Waals surface area contributed by atoms with Gasteiger partial charge in [-0.25, -0.2) is 13.4 Å². The lowest BCUT2D eigenvalue weighted by molar-refractivity contribution is -0.114. The summed E-state index contributed by atoms with van der Waals surface area (Å²) < 4.78 is 28.3. The van der Waals surface area contributed by atoms with Crippen molar-refractivity contribution in [2.45, 2.75) is 13.5 Å². The molecule has 2 aromatic heterocycles. The summed E-state index contributed by atoms with van der Waals surface area (Å²) in [7, 11) is -3.60. The molecular formula is C18H18BrN5O4S. The number of anilines is 2. The second-order valence-corrected chi connectivity index (χ2v) is 9.01. The van der Waals surface area contributed by atoms with E-state index in [-0.39, 0.29) is 23.7 Å². The molecule has 0 unspecified atom stereocenters. The monoisotopic (exact) mass is 479 g/mol. The number of hydrogen-bond acceptors (Lipinski definition) is 5. The van der Waals surface area contributed by atoms with Gasteiger partial charge in [0.25, 0.3) is 5.91 Å². The largest absolute Gasteiger partial charge is 0.346 e. The number of fused-ring (bicyclic) bond motifs is 1. The Morgan fingerprint density at radius 3 is 2.62 bits per heavy atom. The SMILES string of the molecule is CC(=O)Nc1ccc(NS(C)(=O)=O)c(C(=O)NCc2cn3cc(Br)ccc3n2)c1. The smallest absolute Gasteiger partial charge is 0.253 e. The second kappa shape index (κ2) is 8.21. The number of nitrogens with one attached hydrogen (secondary N) is 3. The van der Waals surface area contributed by atoms with E-state index in [1.54, 1.807) is 6.20 Å².